The molecule has 4 rings (SSSR count). The maximum absolute atomic E-state index is 13.0. The van der Waals surface area contributed by atoms with Crippen molar-refractivity contribution >= 4 is 42.4 Å². The van der Waals surface area contributed by atoms with Gasteiger partial charge in [0.1, 0.15) is 11.2 Å². The fraction of sp³-hybridized carbons (Fsp3) is 0.450. The molecule has 1 saturated heterocycles. The van der Waals surface area contributed by atoms with Crippen LogP contribution in [0.5, 0.6) is 0 Å². The van der Waals surface area contributed by atoms with Crippen LogP contribution >= 0.6 is 11.3 Å². The Labute approximate surface area is 180 Å². The number of carbonyl (C=O) groups excluding carboxylic acids is 1. The Morgan fingerprint density at radius 1 is 1.17 bits per heavy atom. The standard InChI is InChI=1S/C20H25N5O3S2/c1-13(2)25-15(12-14(3)22-25)19(26)23-8-10-24(11-9-23)20-21-18-16(29-20)6-5-7-17(18)30(4,27)28/h5-7,12-13H,8-11H2,1-4H3. The van der Waals surface area contributed by atoms with Crippen LogP contribution in [0.1, 0.15) is 36.1 Å². The van der Waals surface area contributed by atoms with Crippen LogP contribution in [0.2, 0.25) is 0 Å². The molecule has 1 aliphatic rings. The van der Waals surface area contributed by atoms with Gasteiger partial charge in [-0.3, -0.25) is 9.48 Å². The van der Waals surface area contributed by atoms with E-state index >= 15 is 0 Å². The van der Waals surface area contributed by atoms with Crippen molar-refractivity contribution in [2.45, 2.75) is 31.7 Å². The van der Waals surface area contributed by atoms with E-state index in [-0.39, 0.29) is 16.8 Å². The average molecular weight is 448 g/mol. The lowest BCUT2D eigenvalue weighted by atomic mass is 10.2. The van der Waals surface area contributed by atoms with E-state index in [4.69, 9.17) is 0 Å². The van der Waals surface area contributed by atoms with E-state index in [0.29, 0.717) is 37.4 Å². The van der Waals surface area contributed by atoms with E-state index < -0.39 is 9.84 Å². The summed E-state index contributed by atoms with van der Waals surface area (Å²) in [5.41, 5.74) is 1.98. The number of nitrogens with zero attached hydrogens (tertiary/aromatic N) is 5. The number of aryl methyl sites for hydroxylation is 1. The molecule has 1 fully saturated rings. The molecule has 2 aromatic heterocycles. The van der Waals surface area contributed by atoms with Crippen LogP contribution in [-0.2, 0) is 9.84 Å². The second kappa shape index (κ2) is 7.66. The minimum Gasteiger partial charge on any atom is -0.345 e. The first-order chi connectivity index (χ1) is 14.1. The lowest BCUT2D eigenvalue weighted by Gasteiger charge is -2.34. The molecule has 10 heteroatoms. The number of hydrogen-bond donors (Lipinski definition) is 0. The van der Waals surface area contributed by atoms with E-state index in [1.165, 1.54) is 17.6 Å². The molecule has 0 bridgehead atoms. The van der Waals surface area contributed by atoms with Gasteiger partial charge in [0.2, 0.25) is 0 Å². The zero-order valence-electron chi connectivity index (χ0n) is 17.5. The quantitative estimate of drug-likeness (QED) is 0.611. The molecule has 0 unspecified atom stereocenters. The summed E-state index contributed by atoms with van der Waals surface area (Å²) in [6, 6.07) is 7.19. The lowest BCUT2D eigenvalue weighted by molar-refractivity contribution is 0.0732. The summed E-state index contributed by atoms with van der Waals surface area (Å²) in [5, 5.41) is 5.23. The van der Waals surface area contributed by atoms with E-state index in [1.54, 1.807) is 16.8 Å². The van der Waals surface area contributed by atoms with E-state index in [9.17, 15) is 13.2 Å². The molecule has 0 atom stereocenters. The Hall–Kier alpha value is -2.46. The Bertz CT molecular complexity index is 1200. The molecule has 1 aliphatic heterocycles. The second-order valence-electron chi connectivity index (χ2n) is 7.86. The van der Waals surface area contributed by atoms with Gasteiger partial charge in [0.15, 0.2) is 15.0 Å². The van der Waals surface area contributed by atoms with Crippen LogP contribution in [0, 0.1) is 6.92 Å². The predicted octanol–water partition coefficient (Wildman–Crippen LogP) is 2.75. The van der Waals surface area contributed by atoms with Crippen LogP contribution < -0.4 is 4.90 Å². The smallest absolute Gasteiger partial charge is 0.272 e. The fourth-order valence-corrected chi connectivity index (χ4v) is 5.62. The van der Waals surface area contributed by atoms with E-state index in [2.05, 4.69) is 15.0 Å². The molecule has 1 aromatic carbocycles. The van der Waals surface area contributed by atoms with Crippen LogP contribution in [0.3, 0.4) is 0 Å². The summed E-state index contributed by atoms with van der Waals surface area (Å²) in [7, 11) is -3.34. The first kappa shape index (κ1) is 20.8. The van der Waals surface area contributed by atoms with Crippen LogP contribution in [0.15, 0.2) is 29.2 Å². The molecule has 0 radical (unpaired) electrons. The number of amides is 1. The molecule has 1 amide bonds. The number of rotatable bonds is 4. The second-order valence-corrected chi connectivity index (χ2v) is 10.9. The Balaban J connectivity index is 1.52. The van der Waals surface area contributed by atoms with Crippen molar-refractivity contribution in [2.75, 3.05) is 37.3 Å². The number of hydrogen-bond acceptors (Lipinski definition) is 7. The van der Waals surface area contributed by atoms with Crippen molar-refractivity contribution in [3.8, 4) is 0 Å². The van der Waals surface area contributed by atoms with E-state index in [1.807, 2.05) is 37.8 Å². The fourth-order valence-electron chi connectivity index (χ4n) is 3.68. The monoisotopic (exact) mass is 447 g/mol. The number of benzene rings is 1. The maximum atomic E-state index is 13.0. The summed E-state index contributed by atoms with van der Waals surface area (Å²) >= 11 is 1.48. The Kier molecular flexibility index (Phi) is 5.31. The molecule has 160 valence electrons. The first-order valence-corrected chi connectivity index (χ1v) is 12.6. The largest absolute Gasteiger partial charge is 0.345 e. The van der Waals surface area contributed by atoms with Gasteiger partial charge >= 0.3 is 0 Å². The number of carbonyl (C=O) groups is 1. The molecule has 30 heavy (non-hydrogen) atoms. The predicted molar refractivity (Wildman–Crippen MR) is 118 cm³/mol. The van der Waals surface area contributed by atoms with Crippen molar-refractivity contribution in [3.05, 3.63) is 35.7 Å². The highest BCUT2D eigenvalue weighted by Gasteiger charge is 2.27. The molecule has 3 aromatic rings. The highest BCUT2D eigenvalue weighted by Crippen LogP contribution is 2.33. The average Bonchev–Trinajstić information content (AvgIpc) is 3.30. The van der Waals surface area contributed by atoms with Gasteiger partial charge in [-0.05, 0) is 39.0 Å². The van der Waals surface area contributed by atoms with Crippen LogP contribution in [0.25, 0.3) is 10.2 Å². The van der Waals surface area contributed by atoms with Gasteiger partial charge < -0.3 is 9.80 Å². The van der Waals surface area contributed by atoms with Gasteiger partial charge in [0.05, 0.1) is 15.3 Å². The van der Waals surface area contributed by atoms with Crippen molar-refractivity contribution in [3.63, 3.8) is 0 Å². The molecule has 3 heterocycles. The van der Waals surface area contributed by atoms with Gasteiger partial charge in [-0.15, -0.1) is 0 Å². The van der Waals surface area contributed by atoms with Gasteiger partial charge in [0.25, 0.3) is 5.91 Å². The molecular formula is C20H25N5O3S2. The normalized spacial score (nSPS) is 15.4. The highest BCUT2D eigenvalue weighted by molar-refractivity contribution is 7.91. The summed E-state index contributed by atoms with van der Waals surface area (Å²) in [6.45, 7) is 8.37. The molecule has 0 N–H and O–H groups in total. The molecule has 0 saturated carbocycles. The molecular weight excluding hydrogens is 422 g/mol. The zero-order chi connectivity index (χ0) is 21.6. The molecule has 0 spiro atoms. The van der Waals surface area contributed by atoms with Gasteiger partial charge in [-0.2, -0.15) is 5.10 Å². The third-order valence-electron chi connectivity index (χ3n) is 5.17. The first-order valence-electron chi connectivity index (χ1n) is 9.85. The molecule has 8 nitrogen and oxygen atoms in total. The van der Waals surface area contributed by atoms with Crippen LogP contribution in [0.4, 0.5) is 5.13 Å². The van der Waals surface area contributed by atoms with Gasteiger partial charge in [-0.25, -0.2) is 13.4 Å². The summed E-state index contributed by atoms with van der Waals surface area (Å²) in [6.07, 6.45) is 1.20. The molecule has 0 aliphatic carbocycles. The number of piperazine rings is 1. The van der Waals surface area contributed by atoms with Gasteiger partial charge in [-0.1, -0.05) is 17.4 Å². The SMILES string of the molecule is Cc1cc(C(=O)N2CCN(c3nc4c(S(C)(=O)=O)cccc4s3)CC2)n(C(C)C)n1. The third-order valence-corrected chi connectivity index (χ3v) is 7.38. The van der Waals surface area contributed by atoms with Crippen molar-refractivity contribution in [1.29, 1.82) is 0 Å². The number of aromatic nitrogens is 3. The number of fused-ring (bicyclic) bond motifs is 1. The summed E-state index contributed by atoms with van der Waals surface area (Å²) in [4.78, 5) is 21.9. The van der Waals surface area contributed by atoms with Crippen molar-refractivity contribution in [1.82, 2.24) is 19.7 Å². The topological polar surface area (TPSA) is 88.4 Å². The minimum atomic E-state index is -3.34. The maximum Gasteiger partial charge on any atom is 0.272 e. The Morgan fingerprint density at radius 2 is 1.87 bits per heavy atom. The number of para-hydroxylation sites is 1. The zero-order valence-corrected chi connectivity index (χ0v) is 19.1. The number of anilines is 1. The number of sulfone groups is 1. The van der Waals surface area contributed by atoms with E-state index in [0.717, 1.165) is 15.5 Å². The van der Waals surface area contributed by atoms with Crippen molar-refractivity contribution < 1.29 is 13.2 Å². The Morgan fingerprint density at radius 3 is 2.50 bits per heavy atom. The summed E-state index contributed by atoms with van der Waals surface area (Å²) < 4.78 is 26.8. The third kappa shape index (κ3) is 3.81. The van der Waals surface area contributed by atoms with Crippen LogP contribution in [-0.4, -0.2) is 66.4 Å². The summed E-state index contributed by atoms with van der Waals surface area (Å²) in [5.74, 6) is -0.00684. The highest BCUT2D eigenvalue weighted by atomic mass is 32.2. The minimum absolute atomic E-state index is 0.00684. The lowest BCUT2D eigenvalue weighted by Crippen LogP contribution is -2.49. The number of thiazole rings is 1. The van der Waals surface area contributed by atoms with Gasteiger partial charge in [0, 0.05) is 38.5 Å². The van der Waals surface area contributed by atoms with Crippen molar-refractivity contribution in [2.24, 2.45) is 0 Å².